The second-order valence-corrected chi connectivity index (χ2v) is 5.00. The zero-order chi connectivity index (χ0) is 15.5. The van der Waals surface area contributed by atoms with Crippen LogP contribution in [0.3, 0.4) is 0 Å². The SMILES string of the molecule is Fc1ccc(CNc2ccccc2OC(F)(F)F)cc1Br. The smallest absolute Gasteiger partial charge is 0.404 e. The molecule has 0 radical (unpaired) electrons. The van der Waals surface area contributed by atoms with Gasteiger partial charge in [-0.1, -0.05) is 18.2 Å². The first-order valence-electron chi connectivity index (χ1n) is 5.88. The largest absolute Gasteiger partial charge is 0.573 e. The summed E-state index contributed by atoms with van der Waals surface area (Å²) in [5.41, 5.74) is 0.917. The van der Waals surface area contributed by atoms with E-state index in [0.717, 1.165) is 0 Å². The maximum atomic E-state index is 13.1. The molecule has 0 aliphatic heterocycles. The number of ether oxygens (including phenoxy) is 1. The summed E-state index contributed by atoms with van der Waals surface area (Å²) in [6, 6.07) is 10.1. The molecule has 2 nitrogen and oxygen atoms in total. The van der Waals surface area contributed by atoms with Gasteiger partial charge >= 0.3 is 6.36 Å². The summed E-state index contributed by atoms with van der Waals surface area (Å²) in [7, 11) is 0. The van der Waals surface area contributed by atoms with Gasteiger partial charge in [0.1, 0.15) is 5.82 Å². The maximum absolute atomic E-state index is 13.1. The van der Waals surface area contributed by atoms with Crippen molar-refractivity contribution in [3.63, 3.8) is 0 Å². The fourth-order valence-electron chi connectivity index (χ4n) is 1.67. The molecule has 0 bridgehead atoms. The van der Waals surface area contributed by atoms with E-state index in [2.05, 4.69) is 26.0 Å². The molecule has 0 amide bonds. The molecule has 0 aliphatic rings. The minimum Gasteiger partial charge on any atom is -0.404 e. The van der Waals surface area contributed by atoms with Gasteiger partial charge in [0.2, 0.25) is 0 Å². The van der Waals surface area contributed by atoms with E-state index < -0.39 is 12.2 Å². The van der Waals surface area contributed by atoms with E-state index in [-0.39, 0.29) is 18.0 Å². The Morgan fingerprint density at radius 2 is 1.81 bits per heavy atom. The molecular weight excluding hydrogens is 354 g/mol. The summed E-state index contributed by atoms with van der Waals surface area (Å²) in [5.74, 6) is -0.717. The first-order valence-corrected chi connectivity index (χ1v) is 6.67. The molecule has 0 atom stereocenters. The Bertz CT molecular complexity index is 631. The van der Waals surface area contributed by atoms with Crippen LogP contribution < -0.4 is 10.1 Å². The van der Waals surface area contributed by atoms with E-state index in [4.69, 9.17) is 0 Å². The molecule has 21 heavy (non-hydrogen) atoms. The molecule has 0 fully saturated rings. The van der Waals surface area contributed by atoms with Gasteiger partial charge in [0.25, 0.3) is 0 Å². The van der Waals surface area contributed by atoms with Gasteiger partial charge in [-0.15, -0.1) is 13.2 Å². The van der Waals surface area contributed by atoms with Crippen LogP contribution in [-0.2, 0) is 6.54 Å². The fourth-order valence-corrected chi connectivity index (χ4v) is 2.10. The monoisotopic (exact) mass is 363 g/mol. The minimum absolute atomic E-state index is 0.204. The van der Waals surface area contributed by atoms with Crippen LogP contribution in [0.1, 0.15) is 5.56 Å². The standard InChI is InChI=1S/C14H10BrF4NO/c15-10-7-9(5-6-11(10)16)8-20-12-3-1-2-4-13(12)21-14(17,18)19/h1-7,20H,8H2. The van der Waals surface area contributed by atoms with Crippen molar-refractivity contribution in [2.45, 2.75) is 12.9 Å². The first kappa shape index (κ1) is 15.6. The van der Waals surface area contributed by atoms with Crippen LogP contribution in [0.4, 0.5) is 23.2 Å². The number of para-hydroxylation sites is 2. The van der Waals surface area contributed by atoms with Crippen LogP contribution in [0.15, 0.2) is 46.9 Å². The molecule has 2 aromatic rings. The summed E-state index contributed by atoms with van der Waals surface area (Å²) in [6.07, 6.45) is -4.75. The third kappa shape index (κ3) is 4.63. The quantitative estimate of drug-likeness (QED) is 0.763. The highest BCUT2D eigenvalue weighted by Crippen LogP contribution is 2.30. The molecular formula is C14H10BrF4NO. The Morgan fingerprint density at radius 3 is 2.48 bits per heavy atom. The third-order valence-corrected chi connectivity index (χ3v) is 3.19. The number of rotatable bonds is 4. The van der Waals surface area contributed by atoms with Crippen molar-refractivity contribution < 1.29 is 22.3 Å². The summed E-state index contributed by atoms with van der Waals surface area (Å²) < 4.78 is 54.2. The summed E-state index contributed by atoms with van der Waals surface area (Å²) in [5, 5.41) is 2.83. The summed E-state index contributed by atoms with van der Waals surface area (Å²) >= 11 is 3.05. The topological polar surface area (TPSA) is 21.3 Å². The highest BCUT2D eigenvalue weighted by molar-refractivity contribution is 9.10. The molecule has 0 unspecified atom stereocenters. The van der Waals surface area contributed by atoms with Crippen LogP contribution in [0.5, 0.6) is 5.75 Å². The predicted molar refractivity (Wildman–Crippen MR) is 74.6 cm³/mol. The molecule has 2 rings (SSSR count). The van der Waals surface area contributed by atoms with E-state index in [1.807, 2.05) is 0 Å². The van der Waals surface area contributed by atoms with Gasteiger partial charge in [-0.3, -0.25) is 0 Å². The molecule has 0 aliphatic carbocycles. The lowest BCUT2D eigenvalue weighted by molar-refractivity contribution is -0.274. The van der Waals surface area contributed by atoms with E-state index in [1.54, 1.807) is 18.2 Å². The fraction of sp³-hybridized carbons (Fsp3) is 0.143. The van der Waals surface area contributed by atoms with Crippen molar-refractivity contribution >= 4 is 21.6 Å². The molecule has 0 spiro atoms. The van der Waals surface area contributed by atoms with Crippen molar-refractivity contribution in [1.29, 1.82) is 0 Å². The molecule has 0 heterocycles. The lowest BCUT2D eigenvalue weighted by Crippen LogP contribution is -2.18. The van der Waals surface area contributed by atoms with Crippen molar-refractivity contribution in [2.24, 2.45) is 0 Å². The molecule has 1 N–H and O–H groups in total. The first-order chi connectivity index (χ1) is 9.85. The molecule has 2 aromatic carbocycles. The Labute approximate surface area is 126 Å². The number of benzene rings is 2. The summed E-state index contributed by atoms with van der Waals surface area (Å²) in [6.45, 7) is 0.233. The molecule has 0 aromatic heterocycles. The molecule has 112 valence electrons. The van der Waals surface area contributed by atoms with Gasteiger partial charge in [0.15, 0.2) is 5.75 Å². The van der Waals surface area contributed by atoms with Crippen molar-refractivity contribution in [3.05, 3.63) is 58.3 Å². The maximum Gasteiger partial charge on any atom is 0.573 e. The highest BCUT2D eigenvalue weighted by atomic mass is 79.9. The van der Waals surface area contributed by atoms with Crippen molar-refractivity contribution in [2.75, 3.05) is 5.32 Å². The second kappa shape index (κ2) is 6.34. The van der Waals surface area contributed by atoms with Crippen LogP contribution >= 0.6 is 15.9 Å². The third-order valence-electron chi connectivity index (χ3n) is 2.58. The number of nitrogens with one attached hydrogen (secondary N) is 1. The molecule has 0 saturated heterocycles. The average Bonchev–Trinajstić information content (AvgIpc) is 2.40. The second-order valence-electron chi connectivity index (χ2n) is 4.15. The van der Waals surface area contributed by atoms with Gasteiger partial charge in [0.05, 0.1) is 10.2 Å². The van der Waals surface area contributed by atoms with E-state index >= 15 is 0 Å². The minimum atomic E-state index is -4.75. The normalized spacial score (nSPS) is 11.3. The van der Waals surface area contributed by atoms with E-state index in [0.29, 0.717) is 10.0 Å². The van der Waals surface area contributed by atoms with Crippen LogP contribution in [-0.4, -0.2) is 6.36 Å². The number of hydrogen-bond acceptors (Lipinski definition) is 2. The van der Waals surface area contributed by atoms with E-state index in [9.17, 15) is 17.6 Å². The Hall–Kier alpha value is -1.76. The lowest BCUT2D eigenvalue weighted by atomic mass is 10.2. The Morgan fingerprint density at radius 1 is 1.10 bits per heavy atom. The van der Waals surface area contributed by atoms with E-state index in [1.165, 1.54) is 24.3 Å². The Balaban J connectivity index is 2.11. The van der Waals surface area contributed by atoms with Crippen LogP contribution in [0.2, 0.25) is 0 Å². The number of anilines is 1. The molecule has 7 heteroatoms. The average molecular weight is 364 g/mol. The number of alkyl halides is 3. The van der Waals surface area contributed by atoms with Crippen LogP contribution in [0, 0.1) is 5.82 Å². The van der Waals surface area contributed by atoms with Crippen molar-refractivity contribution in [1.82, 2.24) is 0 Å². The highest BCUT2D eigenvalue weighted by Gasteiger charge is 2.32. The number of hydrogen-bond donors (Lipinski definition) is 1. The van der Waals surface area contributed by atoms with Gasteiger partial charge in [-0.05, 0) is 45.8 Å². The zero-order valence-electron chi connectivity index (χ0n) is 10.5. The van der Waals surface area contributed by atoms with Gasteiger partial charge in [0, 0.05) is 6.54 Å². The Kier molecular flexibility index (Phi) is 4.72. The van der Waals surface area contributed by atoms with Gasteiger partial charge in [-0.2, -0.15) is 0 Å². The predicted octanol–water partition coefficient (Wildman–Crippen LogP) is 5.10. The zero-order valence-corrected chi connectivity index (χ0v) is 12.1. The number of halogens is 5. The lowest BCUT2D eigenvalue weighted by Gasteiger charge is -2.14. The van der Waals surface area contributed by atoms with Gasteiger partial charge in [-0.25, -0.2) is 4.39 Å². The summed E-state index contributed by atoms with van der Waals surface area (Å²) in [4.78, 5) is 0. The van der Waals surface area contributed by atoms with Crippen LogP contribution in [0.25, 0.3) is 0 Å². The van der Waals surface area contributed by atoms with Gasteiger partial charge < -0.3 is 10.1 Å². The van der Waals surface area contributed by atoms with Crippen molar-refractivity contribution in [3.8, 4) is 5.75 Å². The molecule has 0 saturated carbocycles.